The number of nitrogens with zero attached hydrogens (tertiary/aromatic N) is 4. The number of hydrogen-bond donors (Lipinski definition) is 1. The van der Waals surface area contributed by atoms with Crippen molar-refractivity contribution >= 4 is 79.8 Å². The molecule has 5 aromatic rings. The van der Waals surface area contributed by atoms with E-state index >= 15 is 4.79 Å². The van der Waals surface area contributed by atoms with Crippen molar-refractivity contribution in [3.05, 3.63) is 99.6 Å². The van der Waals surface area contributed by atoms with Crippen molar-refractivity contribution < 1.29 is 29.0 Å². The van der Waals surface area contributed by atoms with Gasteiger partial charge in [0.15, 0.2) is 11.5 Å². The molecule has 6 atom stereocenters. The molecule has 3 fully saturated rings. The van der Waals surface area contributed by atoms with E-state index < -0.39 is 46.8 Å². The third-order valence-electron chi connectivity index (χ3n) is 12.1. The number of carbonyl (C=O) groups is 4. The average Bonchev–Trinajstić information content (AvgIpc) is 3.83. The van der Waals surface area contributed by atoms with Gasteiger partial charge < -0.3 is 9.84 Å². The Hall–Kier alpha value is -4.97. The van der Waals surface area contributed by atoms with E-state index in [1.165, 1.54) is 16.9 Å². The van der Waals surface area contributed by atoms with Crippen molar-refractivity contribution in [2.75, 3.05) is 16.9 Å². The van der Waals surface area contributed by atoms with Crippen molar-refractivity contribution in [1.29, 1.82) is 0 Å². The van der Waals surface area contributed by atoms with Gasteiger partial charge in [-0.15, -0.1) is 11.3 Å². The van der Waals surface area contributed by atoms with Crippen LogP contribution >= 0.6 is 34.5 Å². The molecule has 2 aromatic heterocycles. The maximum absolute atomic E-state index is 15.1. The van der Waals surface area contributed by atoms with E-state index in [4.69, 9.17) is 33.0 Å². The van der Waals surface area contributed by atoms with Gasteiger partial charge in [0.1, 0.15) is 11.5 Å². The molecule has 6 unspecified atom stereocenters. The molecule has 9 rings (SSSR count). The lowest BCUT2D eigenvalue weighted by Crippen LogP contribution is -2.49. The number of carbonyl (C=O) groups excluding carboxylic acids is 4. The number of aryl methyl sites for hydroxylation is 2. The standard InChI is InChI=1S/C41H34Cl2N4O6S/c1-19-25-16-21(42)10-13-31(25)54-36(19)29-18-32(45(3)44-29)47-38(50)27-17-26-23(11-12-24-33(26)39(51)46(37(24)49)22-8-6-5-7-9-22)34(41(27,2)40(47)52)20-14-28(43)35(48)30(15-20)53-4/h5-11,13-16,18,24,26-27,33-34,48H,12,17H2,1-4H3. The summed E-state index contributed by atoms with van der Waals surface area (Å²) in [5.74, 6) is -4.71. The first-order chi connectivity index (χ1) is 25.8. The van der Waals surface area contributed by atoms with E-state index in [0.29, 0.717) is 34.2 Å². The summed E-state index contributed by atoms with van der Waals surface area (Å²) < 4.78 is 8.09. The van der Waals surface area contributed by atoms with E-state index in [1.807, 2.05) is 37.3 Å². The zero-order valence-corrected chi connectivity index (χ0v) is 32.0. The van der Waals surface area contributed by atoms with Gasteiger partial charge in [0.05, 0.1) is 45.9 Å². The van der Waals surface area contributed by atoms with Crippen LogP contribution in [0, 0.1) is 36.0 Å². The molecule has 0 bridgehead atoms. The maximum Gasteiger partial charge on any atom is 0.242 e. The zero-order chi connectivity index (χ0) is 38.0. The molecule has 2 aliphatic heterocycles. The second kappa shape index (κ2) is 12.3. The molecule has 274 valence electrons. The van der Waals surface area contributed by atoms with Crippen molar-refractivity contribution in [2.24, 2.45) is 36.1 Å². The summed E-state index contributed by atoms with van der Waals surface area (Å²) >= 11 is 14.5. The van der Waals surface area contributed by atoms with Crippen molar-refractivity contribution in [1.82, 2.24) is 9.78 Å². The fourth-order valence-electron chi connectivity index (χ4n) is 9.58. The number of aromatic hydroxyl groups is 1. The highest BCUT2D eigenvalue weighted by Gasteiger charge is 2.68. The van der Waals surface area contributed by atoms with Crippen LogP contribution in [0.4, 0.5) is 11.5 Å². The van der Waals surface area contributed by atoms with Crippen LogP contribution in [0.1, 0.15) is 36.8 Å². The Morgan fingerprint density at radius 2 is 1.70 bits per heavy atom. The SMILES string of the molecule is COc1cc(C2C3=CCC4C(=O)N(c5ccccc5)C(=O)C4C3CC3C(=O)N(c4cc(-c5sc6ccc(Cl)cc6c5C)nn4C)C(=O)C32C)cc(Cl)c1O. The maximum atomic E-state index is 15.1. The predicted octanol–water partition coefficient (Wildman–Crippen LogP) is 8.07. The number of hydrogen-bond acceptors (Lipinski definition) is 8. The number of methoxy groups -OCH3 is 1. The summed E-state index contributed by atoms with van der Waals surface area (Å²) in [5.41, 5.74) is 2.12. The van der Waals surface area contributed by atoms with Gasteiger partial charge in [0.25, 0.3) is 0 Å². The van der Waals surface area contributed by atoms with E-state index in [9.17, 15) is 19.5 Å². The number of benzene rings is 3. The number of aromatic nitrogens is 2. The highest BCUT2D eigenvalue weighted by Crippen LogP contribution is 2.64. The van der Waals surface area contributed by atoms with Crippen LogP contribution in [0.15, 0.2) is 78.4 Å². The van der Waals surface area contributed by atoms with Crippen LogP contribution in [0.5, 0.6) is 11.5 Å². The minimum absolute atomic E-state index is 0.0215. The first-order valence-corrected chi connectivity index (χ1v) is 19.2. The number of imide groups is 2. The zero-order valence-electron chi connectivity index (χ0n) is 29.7. The third kappa shape index (κ3) is 4.74. The Labute approximate surface area is 324 Å². The van der Waals surface area contributed by atoms with Gasteiger partial charge in [0.2, 0.25) is 23.6 Å². The van der Waals surface area contributed by atoms with E-state index in [0.717, 1.165) is 26.1 Å². The lowest BCUT2D eigenvalue weighted by molar-refractivity contribution is -0.131. The third-order valence-corrected chi connectivity index (χ3v) is 13.9. The van der Waals surface area contributed by atoms with Crippen LogP contribution in [0.2, 0.25) is 10.0 Å². The fourth-order valence-corrected chi connectivity index (χ4v) is 11.1. The Balaban J connectivity index is 1.18. The summed E-state index contributed by atoms with van der Waals surface area (Å²) in [6.45, 7) is 3.80. The largest absolute Gasteiger partial charge is 0.503 e. The summed E-state index contributed by atoms with van der Waals surface area (Å²) in [6.07, 6.45) is 2.46. The molecule has 10 nitrogen and oxygen atoms in total. The van der Waals surface area contributed by atoms with Gasteiger partial charge in [-0.25, -0.2) is 4.90 Å². The number of para-hydroxylation sites is 1. The Kier molecular flexibility index (Phi) is 7.91. The van der Waals surface area contributed by atoms with Gasteiger partial charge >= 0.3 is 0 Å². The topological polar surface area (TPSA) is 122 Å². The molecule has 13 heteroatoms. The van der Waals surface area contributed by atoms with Gasteiger partial charge in [0, 0.05) is 28.8 Å². The summed E-state index contributed by atoms with van der Waals surface area (Å²) in [4.78, 5) is 61.7. The number of thiophene rings is 1. The Bertz CT molecular complexity index is 2510. The molecule has 0 spiro atoms. The molecule has 1 saturated carbocycles. The van der Waals surface area contributed by atoms with Crippen LogP contribution in [0.25, 0.3) is 20.7 Å². The second-order valence-corrected chi connectivity index (χ2v) is 16.7. The monoisotopic (exact) mass is 780 g/mol. The quantitative estimate of drug-likeness (QED) is 0.141. The van der Waals surface area contributed by atoms with Crippen molar-refractivity contribution in [3.8, 4) is 22.1 Å². The highest BCUT2D eigenvalue weighted by atomic mass is 35.5. The van der Waals surface area contributed by atoms with Crippen LogP contribution in [0.3, 0.4) is 0 Å². The number of amides is 4. The van der Waals surface area contributed by atoms with Crippen molar-refractivity contribution in [2.45, 2.75) is 32.6 Å². The predicted molar refractivity (Wildman–Crippen MR) is 207 cm³/mol. The number of rotatable bonds is 5. The number of phenols is 1. The summed E-state index contributed by atoms with van der Waals surface area (Å²) in [7, 11) is 3.12. The fraction of sp³-hybridized carbons (Fsp3) is 0.293. The minimum atomic E-state index is -1.34. The van der Waals surface area contributed by atoms with Crippen molar-refractivity contribution in [3.63, 3.8) is 0 Å². The molecular formula is C41H34Cl2N4O6S. The molecular weight excluding hydrogens is 747 g/mol. The Morgan fingerprint density at radius 1 is 0.944 bits per heavy atom. The lowest BCUT2D eigenvalue weighted by atomic mass is 9.51. The first kappa shape index (κ1) is 34.8. The Morgan fingerprint density at radius 3 is 2.44 bits per heavy atom. The van der Waals surface area contributed by atoms with Crippen LogP contribution < -0.4 is 14.5 Å². The number of ether oxygens (including phenoxy) is 1. The van der Waals surface area contributed by atoms with Gasteiger partial charge in [-0.2, -0.15) is 5.10 Å². The van der Waals surface area contributed by atoms with Crippen LogP contribution in [-0.4, -0.2) is 45.6 Å². The normalized spacial score (nSPS) is 26.3. The second-order valence-electron chi connectivity index (χ2n) is 14.8. The molecule has 0 radical (unpaired) electrons. The number of anilines is 2. The number of phenolic OH excluding ortho intramolecular Hbond substituents is 1. The minimum Gasteiger partial charge on any atom is -0.503 e. The average molecular weight is 782 g/mol. The molecule has 1 N–H and O–H groups in total. The van der Waals surface area contributed by atoms with Gasteiger partial charge in [-0.1, -0.05) is 53.1 Å². The molecule has 3 aromatic carbocycles. The van der Waals surface area contributed by atoms with Gasteiger partial charge in [-0.05, 0) is 91.6 Å². The molecule has 4 amide bonds. The number of fused-ring (bicyclic) bond motifs is 5. The van der Waals surface area contributed by atoms with Gasteiger partial charge in [-0.3, -0.25) is 28.8 Å². The highest BCUT2D eigenvalue weighted by molar-refractivity contribution is 7.22. The van der Waals surface area contributed by atoms with E-state index in [-0.39, 0.29) is 34.8 Å². The molecule has 2 saturated heterocycles. The number of halogens is 2. The van der Waals surface area contributed by atoms with E-state index in [2.05, 4.69) is 0 Å². The smallest absolute Gasteiger partial charge is 0.242 e. The molecule has 54 heavy (non-hydrogen) atoms. The summed E-state index contributed by atoms with van der Waals surface area (Å²) in [5, 5.41) is 17.2. The van der Waals surface area contributed by atoms with Crippen LogP contribution in [-0.2, 0) is 26.2 Å². The number of allylic oxidation sites excluding steroid dienone is 2. The summed E-state index contributed by atoms with van der Waals surface area (Å²) in [6, 6.07) is 19.6. The molecule has 2 aliphatic carbocycles. The lowest BCUT2D eigenvalue weighted by Gasteiger charge is -2.49. The molecule has 4 heterocycles. The first-order valence-electron chi connectivity index (χ1n) is 17.7. The van der Waals surface area contributed by atoms with E-state index in [1.54, 1.807) is 72.5 Å². The molecule has 4 aliphatic rings.